The van der Waals surface area contributed by atoms with Crippen molar-refractivity contribution in [3.05, 3.63) is 33.8 Å². The molecule has 1 fully saturated rings. The Labute approximate surface area is 123 Å². The van der Waals surface area contributed by atoms with Gasteiger partial charge >= 0.3 is 0 Å². The van der Waals surface area contributed by atoms with E-state index in [-0.39, 0.29) is 11.9 Å². The van der Waals surface area contributed by atoms with Crippen molar-refractivity contribution in [2.24, 2.45) is 0 Å². The summed E-state index contributed by atoms with van der Waals surface area (Å²) in [5.41, 5.74) is 0.955. The number of benzene rings is 1. The first-order valence-electron chi connectivity index (χ1n) is 6.54. The summed E-state index contributed by atoms with van der Waals surface area (Å²) in [6.07, 6.45) is 2.72. The van der Waals surface area contributed by atoms with Gasteiger partial charge in [-0.1, -0.05) is 23.2 Å². The maximum atomic E-state index is 11.5. The molecular formula is C14H18Cl2N2O. The number of carbonyl (C=O) groups excluding carboxylic acids is 1. The van der Waals surface area contributed by atoms with Crippen molar-refractivity contribution in [2.75, 3.05) is 6.54 Å². The third kappa shape index (κ3) is 4.68. The monoisotopic (exact) mass is 300 g/mol. The van der Waals surface area contributed by atoms with E-state index in [4.69, 9.17) is 23.2 Å². The van der Waals surface area contributed by atoms with Crippen molar-refractivity contribution in [3.63, 3.8) is 0 Å². The van der Waals surface area contributed by atoms with E-state index in [0.717, 1.165) is 18.4 Å². The zero-order valence-corrected chi connectivity index (χ0v) is 12.4. The lowest BCUT2D eigenvalue weighted by atomic mass is 10.1. The first-order chi connectivity index (χ1) is 9.06. The molecule has 3 nitrogen and oxygen atoms in total. The zero-order valence-electron chi connectivity index (χ0n) is 10.9. The molecule has 2 rings (SSSR count). The van der Waals surface area contributed by atoms with Crippen molar-refractivity contribution < 1.29 is 4.79 Å². The van der Waals surface area contributed by atoms with E-state index in [9.17, 15) is 4.79 Å². The third-order valence-electron chi connectivity index (χ3n) is 3.17. The molecule has 0 aromatic heterocycles. The molecular weight excluding hydrogens is 283 g/mol. The van der Waals surface area contributed by atoms with E-state index in [0.29, 0.717) is 29.1 Å². The third-order valence-corrected chi connectivity index (χ3v) is 3.75. The number of carbonyl (C=O) groups is 1. The molecule has 0 spiro atoms. The average Bonchev–Trinajstić information content (AvgIpc) is 3.16. The predicted molar refractivity (Wildman–Crippen MR) is 78.7 cm³/mol. The molecule has 1 saturated carbocycles. The molecule has 0 saturated heterocycles. The Morgan fingerprint density at radius 3 is 2.84 bits per heavy atom. The van der Waals surface area contributed by atoms with Gasteiger partial charge in [0.2, 0.25) is 5.91 Å². The summed E-state index contributed by atoms with van der Waals surface area (Å²) in [5, 5.41) is 7.60. The fourth-order valence-corrected chi connectivity index (χ4v) is 2.35. The number of rotatable bonds is 6. The summed E-state index contributed by atoms with van der Waals surface area (Å²) < 4.78 is 0. The predicted octanol–water partition coefficient (Wildman–Crippen LogP) is 3.31. The second kappa shape index (κ2) is 6.60. The van der Waals surface area contributed by atoms with Crippen LogP contribution in [0.5, 0.6) is 0 Å². The van der Waals surface area contributed by atoms with Crippen LogP contribution in [0.4, 0.5) is 0 Å². The fourth-order valence-electron chi connectivity index (χ4n) is 1.89. The maximum Gasteiger partial charge on any atom is 0.221 e. The molecule has 104 valence electrons. The highest BCUT2D eigenvalue weighted by atomic mass is 35.5. The van der Waals surface area contributed by atoms with Crippen molar-refractivity contribution >= 4 is 29.1 Å². The van der Waals surface area contributed by atoms with Gasteiger partial charge in [0.05, 0.1) is 0 Å². The van der Waals surface area contributed by atoms with Crippen LogP contribution in [-0.2, 0) is 4.79 Å². The van der Waals surface area contributed by atoms with Gasteiger partial charge in [-0.25, -0.2) is 0 Å². The van der Waals surface area contributed by atoms with E-state index in [2.05, 4.69) is 10.6 Å². The first kappa shape index (κ1) is 14.6. The smallest absolute Gasteiger partial charge is 0.221 e. The van der Waals surface area contributed by atoms with Gasteiger partial charge in [0.15, 0.2) is 0 Å². The van der Waals surface area contributed by atoms with E-state index >= 15 is 0 Å². The minimum absolute atomic E-state index is 0.0694. The summed E-state index contributed by atoms with van der Waals surface area (Å²) in [6, 6.07) is 5.90. The number of halogens is 2. The van der Waals surface area contributed by atoms with Gasteiger partial charge in [0, 0.05) is 35.1 Å². The fraction of sp³-hybridized carbons (Fsp3) is 0.500. The number of amides is 1. The van der Waals surface area contributed by atoms with Crippen LogP contribution in [-0.4, -0.2) is 18.5 Å². The number of nitrogens with one attached hydrogen (secondary N) is 2. The van der Waals surface area contributed by atoms with Crippen LogP contribution < -0.4 is 10.6 Å². The van der Waals surface area contributed by atoms with E-state index in [1.54, 1.807) is 12.1 Å². The summed E-state index contributed by atoms with van der Waals surface area (Å²) in [6.45, 7) is 2.64. The first-order valence-corrected chi connectivity index (χ1v) is 7.29. The van der Waals surface area contributed by atoms with Crippen LogP contribution in [0.15, 0.2) is 18.2 Å². The summed E-state index contributed by atoms with van der Waals surface area (Å²) in [5.74, 6) is 0.111. The van der Waals surface area contributed by atoms with Crippen LogP contribution in [0.3, 0.4) is 0 Å². The number of hydrogen-bond donors (Lipinski definition) is 2. The van der Waals surface area contributed by atoms with Crippen LogP contribution in [0, 0.1) is 0 Å². The van der Waals surface area contributed by atoms with Gasteiger partial charge in [-0.05, 0) is 43.5 Å². The molecule has 1 aromatic carbocycles. The Morgan fingerprint density at radius 2 is 2.16 bits per heavy atom. The van der Waals surface area contributed by atoms with Gasteiger partial charge < -0.3 is 10.6 Å². The number of hydrogen-bond acceptors (Lipinski definition) is 2. The van der Waals surface area contributed by atoms with Crippen LogP contribution in [0.25, 0.3) is 0 Å². The van der Waals surface area contributed by atoms with Gasteiger partial charge in [0.1, 0.15) is 0 Å². The molecule has 1 atom stereocenters. The molecule has 0 radical (unpaired) electrons. The Kier molecular flexibility index (Phi) is 5.08. The largest absolute Gasteiger partial charge is 0.353 e. The second-order valence-electron chi connectivity index (χ2n) is 4.93. The molecule has 19 heavy (non-hydrogen) atoms. The summed E-state index contributed by atoms with van der Waals surface area (Å²) >= 11 is 12.1. The second-order valence-corrected chi connectivity index (χ2v) is 5.78. The topological polar surface area (TPSA) is 41.1 Å². The van der Waals surface area contributed by atoms with E-state index in [1.807, 2.05) is 13.0 Å². The van der Waals surface area contributed by atoms with Gasteiger partial charge in [-0.2, -0.15) is 0 Å². The highest BCUT2D eigenvalue weighted by Gasteiger charge is 2.22. The molecule has 1 unspecified atom stereocenters. The van der Waals surface area contributed by atoms with Crippen molar-refractivity contribution in [1.29, 1.82) is 0 Å². The van der Waals surface area contributed by atoms with Crippen molar-refractivity contribution in [2.45, 2.75) is 38.3 Å². The maximum absolute atomic E-state index is 11.5. The molecule has 2 N–H and O–H groups in total. The van der Waals surface area contributed by atoms with Gasteiger partial charge in [0.25, 0.3) is 0 Å². The Balaban J connectivity index is 1.78. The van der Waals surface area contributed by atoms with Gasteiger partial charge in [-0.3, -0.25) is 4.79 Å². The van der Waals surface area contributed by atoms with Crippen LogP contribution >= 0.6 is 23.2 Å². The van der Waals surface area contributed by atoms with Gasteiger partial charge in [-0.15, -0.1) is 0 Å². The van der Waals surface area contributed by atoms with E-state index in [1.165, 1.54) is 0 Å². The molecule has 0 aliphatic heterocycles. The lowest BCUT2D eigenvalue weighted by Gasteiger charge is -2.16. The van der Waals surface area contributed by atoms with Crippen molar-refractivity contribution in [3.8, 4) is 0 Å². The minimum Gasteiger partial charge on any atom is -0.353 e. The standard InChI is InChI=1S/C14H18Cl2N2O/c1-9(12-8-10(15)2-5-13(12)16)17-7-6-14(19)18-11-3-4-11/h2,5,8-9,11,17H,3-4,6-7H2,1H3,(H,18,19). The zero-order chi connectivity index (χ0) is 13.8. The highest BCUT2D eigenvalue weighted by molar-refractivity contribution is 6.33. The molecule has 0 bridgehead atoms. The highest BCUT2D eigenvalue weighted by Crippen LogP contribution is 2.26. The molecule has 1 aliphatic rings. The lowest BCUT2D eigenvalue weighted by molar-refractivity contribution is -0.121. The Hall–Kier alpha value is -0.770. The SMILES string of the molecule is CC(NCCC(=O)NC1CC1)c1cc(Cl)ccc1Cl. The molecule has 1 aromatic rings. The lowest BCUT2D eigenvalue weighted by Crippen LogP contribution is -2.30. The molecule has 5 heteroatoms. The minimum atomic E-state index is 0.0694. The van der Waals surface area contributed by atoms with Crippen LogP contribution in [0.2, 0.25) is 10.0 Å². The van der Waals surface area contributed by atoms with E-state index < -0.39 is 0 Å². The van der Waals surface area contributed by atoms with Crippen molar-refractivity contribution in [1.82, 2.24) is 10.6 Å². The molecule has 1 aliphatic carbocycles. The normalized spacial score (nSPS) is 16.2. The molecule has 0 heterocycles. The Morgan fingerprint density at radius 1 is 1.42 bits per heavy atom. The summed E-state index contributed by atoms with van der Waals surface area (Å²) in [7, 11) is 0. The van der Waals surface area contributed by atoms with Crippen LogP contribution in [0.1, 0.15) is 37.8 Å². The Bertz CT molecular complexity index is 461. The summed E-state index contributed by atoms with van der Waals surface area (Å²) in [4.78, 5) is 11.5. The average molecular weight is 301 g/mol. The quantitative estimate of drug-likeness (QED) is 0.846. The molecule has 1 amide bonds.